The van der Waals surface area contributed by atoms with Crippen molar-refractivity contribution in [3.8, 4) is 0 Å². The molecule has 0 amide bonds. The number of hydrogen-bond acceptors (Lipinski definition) is 4. The van der Waals surface area contributed by atoms with Crippen molar-refractivity contribution in [2.24, 2.45) is 11.7 Å². The number of nitrogens with two attached hydrogens (primary N) is 1. The zero-order valence-electron chi connectivity index (χ0n) is 10.7. The molecule has 2 rings (SSSR count). The molecule has 0 atom stereocenters. The van der Waals surface area contributed by atoms with Crippen LogP contribution in [0.5, 0.6) is 0 Å². The fourth-order valence-corrected chi connectivity index (χ4v) is 2.71. The third-order valence-corrected chi connectivity index (χ3v) is 3.83. The molecule has 0 bridgehead atoms. The van der Waals surface area contributed by atoms with Crippen molar-refractivity contribution in [2.45, 2.75) is 64.3 Å². The summed E-state index contributed by atoms with van der Waals surface area (Å²) in [5, 5.41) is 3.87. The van der Waals surface area contributed by atoms with E-state index in [9.17, 15) is 0 Å². The van der Waals surface area contributed by atoms with E-state index in [1.165, 1.54) is 44.9 Å². The Bertz CT molecular complexity index is 329. The first-order valence-corrected chi connectivity index (χ1v) is 6.86. The Kier molecular flexibility index (Phi) is 4.54. The van der Waals surface area contributed by atoms with E-state index in [4.69, 9.17) is 10.3 Å². The maximum absolute atomic E-state index is 5.48. The minimum Gasteiger partial charge on any atom is -0.339 e. The topological polar surface area (TPSA) is 64.9 Å². The van der Waals surface area contributed by atoms with Crippen molar-refractivity contribution in [3.05, 3.63) is 11.7 Å². The Morgan fingerprint density at radius 1 is 1.29 bits per heavy atom. The monoisotopic (exact) mass is 237 g/mol. The van der Waals surface area contributed by atoms with Gasteiger partial charge in [0, 0.05) is 5.92 Å². The molecule has 1 aromatic heterocycles. The summed E-state index contributed by atoms with van der Waals surface area (Å²) in [4.78, 5) is 4.34. The smallest absolute Gasteiger partial charge is 0.229 e. The highest BCUT2D eigenvalue weighted by molar-refractivity contribution is 4.96. The van der Waals surface area contributed by atoms with Gasteiger partial charge in [0.25, 0.3) is 0 Å². The van der Waals surface area contributed by atoms with Gasteiger partial charge in [-0.05, 0) is 31.6 Å². The Morgan fingerprint density at radius 2 is 2.06 bits per heavy atom. The highest BCUT2D eigenvalue weighted by Gasteiger charge is 2.25. The number of rotatable bonds is 5. The molecule has 1 aromatic rings. The molecule has 17 heavy (non-hydrogen) atoms. The minimum atomic E-state index is 0.370. The fourth-order valence-electron chi connectivity index (χ4n) is 2.71. The molecule has 0 radical (unpaired) electrons. The molecular formula is C13H23N3O. The second-order valence-corrected chi connectivity index (χ2v) is 5.11. The van der Waals surface area contributed by atoms with Gasteiger partial charge in [0.2, 0.25) is 5.89 Å². The van der Waals surface area contributed by atoms with E-state index in [2.05, 4.69) is 17.1 Å². The summed E-state index contributed by atoms with van der Waals surface area (Å²) in [6, 6.07) is 0. The van der Waals surface area contributed by atoms with Crippen LogP contribution in [0.15, 0.2) is 4.52 Å². The maximum Gasteiger partial charge on any atom is 0.229 e. The van der Waals surface area contributed by atoms with Crippen LogP contribution < -0.4 is 5.73 Å². The minimum absolute atomic E-state index is 0.370. The van der Waals surface area contributed by atoms with Gasteiger partial charge in [0.05, 0.1) is 6.54 Å². The first-order valence-electron chi connectivity index (χ1n) is 6.86. The van der Waals surface area contributed by atoms with Gasteiger partial charge in [-0.3, -0.25) is 0 Å². The first-order chi connectivity index (χ1) is 8.33. The molecule has 2 N–H and O–H groups in total. The van der Waals surface area contributed by atoms with Crippen LogP contribution in [0.3, 0.4) is 0 Å². The summed E-state index contributed by atoms with van der Waals surface area (Å²) in [7, 11) is 0. The molecule has 1 aliphatic carbocycles. The molecule has 0 spiro atoms. The average molecular weight is 237 g/mol. The van der Waals surface area contributed by atoms with Gasteiger partial charge in [-0.2, -0.15) is 4.98 Å². The van der Waals surface area contributed by atoms with Crippen molar-refractivity contribution in [2.75, 3.05) is 0 Å². The Labute approximate surface area is 103 Å². The molecule has 0 aromatic carbocycles. The summed E-state index contributed by atoms with van der Waals surface area (Å²) in [6.07, 6.45) is 9.08. The lowest BCUT2D eigenvalue weighted by molar-refractivity contribution is 0.260. The lowest BCUT2D eigenvalue weighted by atomic mass is 9.80. The number of unbranched alkanes of at least 4 members (excludes halogenated alkanes) is 1. The van der Waals surface area contributed by atoms with Crippen molar-refractivity contribution >= 4 is 0 Å². The molecule has 0 saturated heterocycles. The fraction of sp³-hybridized carbons (Fsp3) is 0.846. The second-order valence-electron chi connectivity index (χ2n) is 5.11. The molecule has 96 valence electrons. The first kappa shape index (κ1) is 12.6. The van der Waals surface area contributed by atoms with Gasteiger partial charge in [0.1, 0.15) is 0 Å². The van der Waals surface area contributed by atoms with E-state index in [0.29, 0.717) is 18.3 Å². The molecule has 0 aliphatic heterocycles. The highest BCUT2D eigenvalue weighted by Crippen LogP contribution is 2.36. The van der Waals surface area contributed by atoms with Gasteiger partial charge in [-0.1, -0.05) is 31.3 Å². The predicted molar refractivity (Wildman–Crippen MR) is 66.4 cm³/mol. The Hall–Kier alpha value is -0.900. The summed E-state index contributed by atoms with van der Waals surface area (Å²) in [5.41, 5.74) is 5.48. The van der Waals surface area contributed by atoms with Crippen LogP contribution in [0.4, 0.5) is 0 Å². The van der Waals surface area contributed by atoms with E-state index < -0.39 is 0 Å². The molecule has 1 fully saturated rings. The van der Waals surface area contributed by atoms with Crippen molar-refractivity contribution in [1.29, 1.82) is 0 Å². The molecule has 1 saturated carbocycles. The third kappa shape index (κ3) is 3.28. The number of aromatic nitrogens is 2. The van der Waals surface area contributed by atoms with Crippen LogP contribution in [0, 0.1) is 5.92 Å². The van der Waals surface area contributed by atoms with Crippen molar-refractivity contribution in [1.82, 2.24) is 10.1 Å². The summed E-state index contributed by atoms with van der Waals surface area (Å²) in [5.74, 6) is 2.83. The normalized spacial score (nSPS) is 25.1. The molecular weight excluding hydrogens is 214 g/mol. The van der Waals surface area contributed by atoms with Crippen LogP contribution in [-0.4, -0.2) is 10.1 Å². The number of hydrogen-bond donors (Lipinski definition) is 1. The summed E-state index contributed by atoms with van der Waals surface area (Å²) < 4.78 is 5.27. The largest absolute Gasteiger partial charge is 0.339 e. The summed E-state index contributed by atoms with van der Waals surface area (Å²) >= 11 is 0. The van der Waals surface area contributed by atoms with Crippen molar-refractivity contribution < 1.29 is 4.52 Å². The predicted octanol–water partition coefficient (Wildman–Crippen LogP) is 2.99. The van der Waals surface area contributed by atoms with E-state index in [1.807, 2.05) is 0 Å². The van der Waals surface area contributed by atoms with Gasteiger partial charge < -0.3 is 10.3 Å². The van der Waals surface area contributed by atoms with Gasteiger partial charge in [-0.15, -0.1) is 0 Å². The molecule has 0 unspecified atom stereocenters. The second kappa shape index (κ2) is 6.15. The zero-order valence-corrected chi connectivity index (χ0v) is 10.7. The average Bonchev–Trinajstić information content (AvgIpc) is 2.86. The molecule has 1 heterocycles. The van der Waals surface area contributed by atoms with Crippen LogP contribution in [0.2, 0.25) is 0 Å². The van der Waals surface area contributed by atoms with Crippen molar-refractivity contribution in [3.63, 3.8) is 0 Å². The van der Waals surface area contributed by atoms with Crippen LogP contribution in [0.1, 0.15) is 69.5 Å². The maximum atomic E-state index is 5.48. The lowest BCUT2D eigenvalue weighted by Crippen LogP contribution is -2.13. The SMILES string of the molecule is CCCCC1CCC(c2nc(CN)no2)CC1. The lowest BCUT2D eigenvalue weighted by Gasteiger charge is -2.26. The van der Waals surface area contributed by atoms with E-state index in [1.54, 1.807) is 0 Å². The van der Waals surface area contributed by atoms with E-state index in [-0.39, 0.29) is 0 Å². The van der Waals surface area contributed by atoms with Crippen LogP contribution >= 0.6 is 0 Å². The number of nitrogens with zero attached hydrogens (tertiary/aromatic N) is 2. The Morgan fingerprint density at radius 3 is 2.65 bits per heavy atom. The molecule has 1 aliphatic rings. The van der Waals surface area contributed by atoms with E-state index >= 15 is 0 Å². The summed E-state index contributed by atoms with van der Waals surface area (Å²) in [6.45, 7) is 2.63. The molecule has 4 heteroatoms. The zero-order chi connectivity index (χ0) is 12.1. The quantitative estimate of drug-likeness (QED) is 0.855. The van der Waals surface area contributed by atoms with Gasteiger partial charge in [0.15, 0.2) is 5.82 Å². The Balaban J connectivity index is 1.82. The standard InChI is InChI=1S/C13H23N3O/c1-2-3-4-10-5-7-11(8-6-10)13-15-12(9-14)16-17-13/h10-11H,2-9,14H2,1H3. The van der Waals surface area contributed by atoms with Gasteiger partial charge in [-0.25, -0.2) is 0 Å². The van der Waals surface area contributed by atoms with Gasteiger partial charge >= 0.3 is 0 Å². The highest BCUT2D eigenvalue weighted by atomic mass is 16.5. The van der Waals surface area contributed by atoms with E-state index in [0.717, 1.165) is 11.8 Å². The third-order valence-electron chi connectivity index (χ3n) is 3.83. The van der Waals surface area contributed by atoms with Crippen LogP contribution in [0.25, 0.3) is 0 Å². The molecule has 4 nitrogen and oxygen atoms in total. The van der Waals surface area contributed by atoms with Crippen LogP contribution in [-0.2, 0) is 6.54 Å².